The van der Waals surface area contributed by atoms with Gasteiger partial charge in [-0.15, -0.1) is 0 Å². The molecule has 2 rings (SSSR count). The molecule has 2 heterocycles. The Bertz CT molecular complexity index is 552. The summed E-state index contributed by atoms with van der Waals surface area (Å²) in [5, 5.41) is 7.50. The molecular weight excluding hydrogens is 254 g/mol. The summed E-state index contributed by atoms with van der Waals surface area (Å²) in [6, 6.07) is 0. The van der Waals surface area contributed by atoms with Crippen molar-refractivity contribution in [1.29, 1.82) is 0 Å². The highest BCUT2D eigenvalue weighted by atomic mass is 16.5. The number of hydrogen-bond acceptors (Lipinski definition) is 5. The van der Waals surface area contributed by atoms with Gasteiger partial charge in [0.25, 0.3) is 0 Å². The molecule has 0 unspecified atom stereocenters. The van der Waals surface area contributed by atoms with Crippen LogP contribution in [0.15, 0.2) is 18.7 Å². The van der Waals surface area contributed by atoms with Gasteiger partial charge in [0.05, 0.1) is 18.0 Å². The minimum absolute atomic E-state index is 0.564. The molecule has 0 aliphatic heterocycles. The van der Waals surface area contributed by atoms with E-state index in [9.17, 15) is 0 Å². The monoisotopic (exact) mass is 275 g/mol. The first-order chi connectivity index (χ1) is 9.74. The van der Waals surface area contributed by atoms with Gasteiger partial charge >= 0.3 is 0 Å². The Morgan fingerprint density at radius 2 is 2.10 bits per heavy atom. The van der Waals surface area contributed by atoms with Gasteiger partial charge in [0, 0.05) is 13.1 Å². The van der Waals surface area contributed by atoms with Gasteiger partial charge in [-0.1, -0.05) is 13.8 Å². The molecule has 108 valence electrons. The molecule has 2 aromatic heterocycles. The minimum atomic E-state index is 0.564. The Labute approximate surface area is 119 Å². The van der Waals surface area contributed by atoms with Crippen LogP contribution in [0.5, 0.6) is 11.6 Å². The first-order valence-corrected chi connectivity index (χ1v) is 7.00. The van der Waals surface area contributed by atoms with Gasteiger partial charge in [-0.2, -0.15) is 5.10 Å². The van der Waals surface area contributed by atoms with Gasteiger partial charge in [-0.25, -0.2) is 9.97 Å². The van der Waals surface area contributed by atoms with E-state index < -0.39 is 0 Å². The fraction of sp³-hybridized carbons (Fsp3) is 0.500. The number of hydrogen-bond donors (Lipinski definition) is 1. The summed E-state index contributed by atoms with van der Waals surface area (Å²) in [4.78, 5) is 8.42. The molecule has 0 radical (unpaired) electrons. The topological polar surface area (TPSA) is 64.9 Å². The minimum Gasteiger partial charge on any atom is -0.435 e. The molecule has 20 heavy (non-hydrogen) atoms. The van der Waals surface area contributed by atoms with Crippen LogP contribution >= 0.6 is 0 Å². The van der Waals surface area contributed by atoms with E-state index in [-0.39, 0.29) is 0 Å². The van der Waals surface area contributed by atoms with Gasteiger partial charge in [-0.05, 0) is 19.8 Å². The molecule has 0 fully saturated rings. The third-order valence-corrected chi connectivity index (χ3v) is 2.86. The Kier molecular flexibility index (Phi) is 4.92. The lowest BCUT2D eigenvalue weighted by atomic mass is 10.3. The number of anilines is 1. The lowest BCUT2D eigenvalue weighted by Gasteiger charge is -2.10. The van der Waals surface area contributed by atoms with Gasteiger partial charge in [0.15, 0.2) is 5.75 Å². The lowest BCUT2D eigenvalue weighted by Crippen LogP contribution is -2.05. The summed E-state index contributed by atoms with van der Waals surface area (Å²) >= 11 is 0. The van der Waals surface area contributed by atoms with Crippen LogP contribution in [0.1, 0.15) is 32.3 Å². The van der Waals surface area contributed by atoms with Crippen LogP contribution in [-0.4, -0.2) is 26.3 Å². The maximum Gasteiger partial charge on any atom is 0.227 e. The van der Waals surface area contributed by atoms with E-state index in [4.69, 9.17) is 4.74 Å². The molecule has 0 atom stereocenters. The Hall–Kier alpha value is -2.11. The van der Waals surface area contributed by atoms with Crippen LogP contribution in [0, 0.1) is 6.92 Å². The van der Waals surface area contributed by atoms with E-state index in [2.05, 4.69) is 34.2 Å². The lowest BCUT2D eigenvalue weighted by molar-refractivity contribution is 0.456. The number of rotatable bonds is 7. The van der Waals surface area contributed by atoms with Crippen LogP contribution < -0.4 is 10.1 Å². The third kappa shape index (κ3) is 3.46. The molecule has 0 spiro atoms. The highest BCUT2D eigenvalue weighted by Gasteiger charge is 2.09. The standard InChI is InChI=1S/C14H21N5O/c1-4-6-15-13-11(3)14(17-10-16-13)20-12-8-18-19(9-12)7-5-2/h8-10H,4-7H2,1-3H3,(H,15,16,17). The van der Waals surface area contributed by atoms with E-state index in [0.29, 0.717) is 11.6 Å². The number of aryl methyl sites for hydroxylation is 1. The van der Waals surface area contributed by atoms with Crippen LogP contribution in [0.3, 0.4) is 0 Å². The molecule has 0 amide bonds. The smallest absolute Gasteiger partial charge is 0.227 e. The quantitative estimate of drug-likeness (QED) is 0.841. The van der Waals surface area contributed by atoms with Crippen LogP contribution in [0.2, 0.25) is 0 Å². The fourth-order valence-electron chi connectivity index (χ4n) is 1.82. The molecule has 0 saturated heterocycles. The zero-order valence-electron chi connectivity index (χ0n) is 12.3. The molecule has 6 heteroatoms. The molecule has 0 aromatic carbocycles. The van der Waals surface area contributed by atoms with E-state index in [0.717, 1.165) is 37.3 Å². The van der Waals surface area contributed by atoms with Crippen molar-refractivity contribution >= 4 is 5.82 Å². The third-order valence-electron chi connectivity index (χ3n) is 2.86. The van der Waals surface area contributed by atoms with Crippen LogP contribution in [0.4, 0.5) is 5.82 Å². The number of aromatic nitrogens is 4. The van der Waals surface area contributed by atoms with Gasteiger partial charge < -0.3 is 10.1 Å². The summed E-state index contributed by atoms with van der Waals surface area (Å²) < 4.78 is 7.65. The van der Waals surface area contributed by atoms with Crippen molar-refractivity contribution in [2.24, 2.45) is 0 Å². The van der Waals surface area contributed by atoms with Crippen molar-refractivity contribution in [2.75, 3.05) is 11.9 Å². The zero-order chi connectivity index (χ0) is 14.4. The molecule has 0 saturated carbocycles. The largest absolute Gasteiger partial charge is 0.435 e. The average molecular weight is 275 g/mol. The van der Waals surface area contributed by atoms with Crippen molar-refractivity contribution in [3.63, 3.8) is 0 Å². The Morgan fingerprint density at radius 1 is 1.25 bits per heavy atom. The Morgan fingerprint density at radius 3 is 2.85 bits per heavy atom. The maximum absolute atomic E-state index is 5.78. The number of nitrogens with one attached hydrogen (secondary N) is 1. The van der Waals surface area contributed by atoms with Gasteiger partial charge in [0.1, 0.15) is 12.1 Å². The van der Waals surface area contributed by atoms with Crippen molar-refractivity contribution in [2.45, 2.75) is 40.2 Å². The van der Waals surface area contributed by atoms with Crippen molar-refractivity contribution < 1.29 is 4.74 Å². The predicted molar refractivity (Wildman–Crippen MR) is 78.1 cm³/mol. The van der Waals surface area contributed by atoms with E-state index in [1.807, 2.05) is 17.8 Å². The van der Waals surface area contributed by atoms with Gasteiger partial charge in [-0.3, -0.25) is 4.68 Å². The van der Waals surface area contributed by atoms with Crippen molar-refractivity contribution in [3.8, 4) is 11.6 Å². The molecule has 0 aliphatic rings. The summed E-state index contributed by atoms with van der Waals surface area (Å²) in [7, 11) is 0. The molecule has 2 aromatic rings. The first-order valence-electron chi connectivity index (χ1n) is 7.00. The molecule has 1 N–H and O–H groups in total. The fourth-order valence-corrected chi connectivity index (χ4v) is 1.82. The maximum atomic E-state index is 5.78. The predicted octanol–water partition coefficient (Wildman–Crippen LogP) is 3.01. The zero-order valence-corrected chi connectivity index (χ0v) is 12.3. The highest BCUT2D eigenvalue weighted by molar-refractivity contribution is 5.48. The summed E-state index contributed by atoms with van der Waals surface area (Å²) in [5.41, 5.74) is 0.907. The number of nitrogens with zero attached hydrogens (tertiary/aromatic N) is 4. The molecular formula is C14H21N5O. The van der Waals surface area contributed by atoms with E-state index in [1.54, 1.807) is 6.20 Å². The highest BCUT2D eigenvalue weighted by Crippen LogP contribution is 2.25. The summed E-state index contributed by atoms with van der Waals surface area (Å²) in [5.74, 6) is 2.08. The molecule has 0 bridgehead atoms. The first kappa shape index (κ1) is 14.3. The number of ether oxygens (including phenoxy) is 1. The second-order valence-electron chi connectivity index (χ2n) is 4.62. The van der Waals surface area contributed by atoms with Gasteiger partial charge in [0.2, 0.25) is 5.88 Å². The normalized spacial score (nSPS) is 10.6. The van der Waals surface area contributed by atoms with Crippen LogP contribution in [-0.2, 0) is 6.54 Å². The van der Waals surface area contributed by atoms with Crippen LogP contribution in [0.25, 0.3) is 0 Å². The second-order valence-corrected chi connectivity index (χ2v) is 4.62. The van der Waals surface area contributed by atoms with E-state index >= 15 is 0 Å². The summed E-state index contributed by atoms with van der Waals surface area (Å²) in [6.45, 7) is 7.94. The van der Waals surface area contributed by atoms with E-state index in [1.165, 1.54) is 6.33 Å². The molecule has 6 nitrogen and oxygen atoms in total. The molecule has 0 aliphatic carbocycles. The second kappa shape index (κ2) is 6.88. The summed E-state index contributed by atoms with van der Waals surface area (Å²) in [6.07, 6.45) is 7.18. The van der Waals surface area contributed by atoms with Crippen molar-refractivity contribution in [3.05, 3.63) is 24.3 Å². The van der Waals surface area contributed by atoms with Crippen molar-refractivity contribution in [1.82, 2.24) is 19.7 Å². The average Bonchev–Trinajstić information content (AvgIpc) is 2.88. The SMILES string of the molecule is CCCNc1ncnc(Oc2cnn(CCC)c2)c1C. The Balaban J connectivity index is 2.11.